The minimum atomic E-state index is -0.434. The predicted octanol–water partition coefficient (Wildman–Crippen LogP) is 2.15. The van der Waals surface area contributed by atoms with Gasteiger partial charge < -0.3 is 10.2 Å². The first-order valence-electron chi connectivity index (χ1n) is 9.83. The van der Waals surface area contributed by atoms with Crippen LogP contribution in [0.4, 0.5) is 5.69 Å². The Hall–Kier alpha value is -3.74. The summed E-state index contributed by atoms with van der Waals surface area (Å²) in [4.78, 5) is 39.3. The smallest absolute Gasteiger partial charge is 0.278 e. The van der Waals surface area contributed by atoms with E-state index in [1.807, 2.05) is 61.5 Å². The summed E-state index contributed by atoms with van der Waals surface area (Å²) in [6.45, 7) is 2.08. The molecule has 2 heterocycles. The lowest BCUT2D eigenvalue weighted by Gasteiger charge is -2.22. The van der Waals surface area contributed by atoms with Gasteiger partial charge in [-0.2, -0.15) is 5.10 Å². The Bertz CT molecular complexity index is 1140. The third kappa shape index (κ3) is 4.00. The van der Waals surface area contributed by atoms with Gasteiger partial charge in [0.05, 0.1) is 0 Å². The number of anilines is 1. The molecule has 4 rings (SSSR count). The molecule has 3 aromatic rings. The number of nitrogens with one attached hydrogen (secondary N) is 1. The van der Waals surface area contributed by atoms with Gasteiger partial charge in [-0.3, -0.25) is 14.4 Å². The zero-order chi connectivity index (χ0) is 21.1. The molecular formula is C23H22N4O3. The van der Waals surface area contributed by atoms with Crippen molar-refractivity contribution in [3.05, 3.63) is 93.9 Å². The summed E-state index contributed by atoms with van der Waals surface area (Å²) in [6, 6.07) is 19.9. The van der Waals surface area contributed by atoms with Gasteiger partial charge >= 0.3 is 0 Å². The highest BCUT2D eigenvalue weighted by atomic mass is 16.2. The van der Waals surface area contributed by atoms with Crippen LogP contribution in [0.2, 0.25) is 0 Å². The van der Waals surface area contributed by atoms with E-state index in [0.29, 0.717) is 6.54 Å². The van der Waals surface area contributed by atoms with Gasteiger partial charge in [0, 0.05) is 24.3 Å². The number of amides is 2. The molecule has 0 fully saturated rings. The fraction of sp³-hybridized carbons (Fsp3) is 0.217. The molecule has 1 aliphatic heterocycles. The number of aromatic nitrogens is 2. The van der Waals surface area contributed by atoms with E-state index in [2.05, 4.69) is 10.4 Å². The summed E-state index contributed by atoms with van der Waals surface area (Å²) in [5.74, 6) is -0.635. The lowest BCUT2D eigenvalue weighted by molar-refractivity contribution is -0.122. The van der Waals surface area contributed by atoms with Crippen LogP contribution in [0.3, 0.4) is 0 Å². The van der Waals surface area contributed by atoms with Crippen LogP contribution in [0.25, 0.3) is 0 Å². The summed E-state index contributed by atoms with van der Waals surface area (Å²) in [6.07, 6.45) is 0.767. The van der Waals surface area contributed by atoms with Crippen LogP contribution in [0.15, 0.2) is 71.5 Å². The van der Waals surface area contributed by atoms with E-state index in [-0.39, 0.29) is 30.1 Å². The number of benzene rings is 2. The molecule has 0 unspecified atom stereocenters. The highest BCUT2D eigenvalue weighted by molar-refractivity contribution is 6.06. The van der Waals surface area contributed by atoms with Crippen LogP contribution in [-0.2, 0) is 24.3 Å². The number of para-hydroxylation sites is 1. The maximum atomic E-state index is 13.1. The Balaban J connectivity index is 1.50. The molecule has 0 radical (unpaired) electrons. The minimum Gasteiger partial charge on any atom is -0.350 e. The average Bonchev–Trinajstić information content (AvgIpc) is 3.09. The summed E-state index contributed by atoms with van der Waals surface area (Å²) < 4.78 is 1.03. The normalized spacial score (nSPS) is 15.0. The Morgan fingerprint density at radius 2 is 1.77 bits per heavy atom. The average molecular weight is 402 g/mol. The van der Waals surface area contributed by atoms with Crippen molar-refractivity contribution in [3.63, 3.8) is 0 Å². The summed E-state index contributed by atoms with van der Waals surface area (Å²) in [5, 5.41) is 6.94. The molecule has 2 amide bonds. The second-order valence-corrected chi connectivity index (χ2v) is 7.33. The summed E-state index contributed by atoms with van der Waals surface area (Å²) >= 11 is 0. The Labute approximate surface area is 174 Å². The molecular weight excluding hydrogens is 380 g/mol. The molecule has 0 bridgehead atoms. The molecule has 1 aliphatic rings. The lowest BCUT2D eigenvalue weighted by Crippen LogP contribution is -2.38. The molecule has 2 aromatic carbocycles. The maximum absolute atomic E-state index is 13.1. The van der Waals surface area contributed by atoms with Gasteiger partial charge in [-0.05, 0) is 36.6 Å². The van der Waals surface area contributed by atoms with E-state index in [9.17, 15) is 14.4 Å². The van der Waals surface area contributed by atoms with Crippen LogP contribution < -0.4 is 15.8 Å². The topological polar surface area (TPSA) is 84.3 Å². The van der Waals surface area contributed by atoms with Crippen LogP contribution in [0.1, 0.15) is 28.5 Å². The fourth-order valence-corrected chi connectivity index (χ4v) is 3.66. The van der Waals surface area contributed by atoms with E-state index in [0.717, 1.165) is 27.9 Å². The standard InChI is InChI=1S/C23H22N4O3/c1-16-13-18-9-5-6-10-20(18)27(16)23(30)19-11-12-22(29)26(25-19)15-21(28)24-14-17-7-3-2-4-8-17/h2-12,16H,13-15H2,1H3,(H,24,28)/t16-/m0/s1. The predicted molar refractivity (Wildman–Crippen MR) is 113 cm³/mol. The summed E-state index contributed by atoms with van der Waals surface area (Å²) in [5.41, 5.74) is 2.61. The van der Waals surface area contributed by atoms with Crippen LogP contribution >= 0.6 is 0 Å². The van der Waals surface area contributed by atoms with Crippen molar-refractivity contribution in [1.29, 1.82) is 0 Å². The van der Waals surface area contributed by atoms with Gasteiger partial charge in [0.1, 0.15) is 12.2 Å². The van der Waals surface area contributed by atoms with Crippen molar-refractivity contribution in [2.45, 2.75) is 32.5 Å². The zero-order valence-corrected chi connectivity index (χ0v) is 16.6. The highest BCUT2D eigenvalue weighted by Gasteiger charge is 2.32. The van der Waals surface area contributed by atoms with Crippen molar-refractivity contribution < 1.29 is 9.59 Å². The third-order valence-electron chi connectivity index (χ3n) is 5.14. The first kappa shape index (κ1) is 19.6. The molecule has 7 heteroatoms. The third-order valence-corrected chi connectivity index (χ3v) is 5.14. The molecule has 0 saturated heterocycles. The molecule has 0 aliphatic carbocycles. The fourth-order valence-electron chi connectivity index (χ4n) is 3.66. The monoisotopic (exact) mass is 402 g/mol. The second-order valence-electron chi connectivity index (χ2n) is 7.33. The SMILES string of the molecule is C[C@H]1Cc2ccccc2N1C(=O)c1ccc(=O)n(CC(=O)NCc2ccccc2)n1. The Morgan fingerprint density at radius 3 is 2.57 bits per heavy atom. The largest absolute Gasteiger partial charge is 0.350 e. The summed E-state index contributed by atoms with van der Waals surface area (Å²) in [7, 11) is 0. The molecule has 1 atom stereocenters. The van der Waals surface area contributed by atoms with Crippen molar-refractivity contribution >= 4 is 17.5 Å². The van der Waals surface area contributed by atoms with Gasteiger partial charge in [-0.25, -0.2) is 4.68 Å². The van der Waals surface area contributed by atoms with Gasteiger partial charge in [0.2, 0.25) is 5.91 Å². The van der Waals surface area contributed by atoms with Gasteiger partial charge in [-0.1, -0.05) is 48.5 Å². The molecule has 1 aromatic heterocycles. The number of fused-ring (bicyclic) bond motifs is 1. The van der Waals surface area contributed by atoms with E-state index in [1.165, 1.54) is 12.1 Å². The van der Waals surface area contributed by atoms with Gasteiger partial charge in [-0.15, -0.1) is 0 Å². The zero-order valence-electron chi connectivity index (χ0n) is 16.6. The molecule has 0 spiro atoms. The van der Waals surface area contributed by atoms with Crippen molar-refractivity contribution in [3.8, 4) is 0 Å². The second kappa shape index (κ2) is 8.32. The molecule has 1 N–H and O–H groups in total. The number of carbonyl (C=O) groups excluding carboxylic acids is 2. The van der Waals surface area contributed by atoms with E-state index >= 15 is 0 Å². The van der Waals surface area contributed by atoms with Crippen molar-refractivity contribution in [2.24, 2.45) is 0 Å². The Kier molecular flexibility index (Phi) is 5.43. The van der Waals surface area contributed by atoms with Gasteiger partial charge in [0.15, 0.2) is 0 Å². The van der Waals surface area contributed by atoms with Crippen LogP contribution in [0, 0.1) is 0 Å². The molecule has 7 nitrogen and oxygen atoms in total. The maximum Gasteiger partial charge on any atom is 0.278 e. The number of nitrogens with zero attached hydrogens (tertiary/aromatic N) is 3. The van der Waals surface area contributed by atoms with E-state index in [1.54, 1.807) is 4.90 Å². The first-order chi connectivity index (χ1) is 14.5. The molecule has 152 valence electrons. The van der Waals surface area contributed by atoms with Crippen LogP contribution in [0.5, 0.6) is 0 Å². The quantitative estimate of drug-likeness (QED) is 0.709. The van der Waals surface area contributed by atoms with Crippen molar-refractivity contribution in [1.82, 2.24) is 15.1 Å². The number of carbonyl (C=O) groups is 2. The number of hydrogen-bond donors (Lipinski definition) is 1. The van der Waals surface area contributed by atoms with E-state index in [4.69, 9.17) is 0 Å². The molecule has 30 heavy (non-hydrogen) atoms. The lowest BCUT2D eigenvalue weighted by atomic mass is 10.1. The highest BCUT2D eigenvalue weighted by Crippen LogP contribution is 2.32. The first-order valence-corrected chi connectivity index (χ1v) is 9.83. The Morgan fingerprint density at radius 1 is 1.03 bits per heavy atom. The number of rotatable bonds is 5. The van der Waals surface area contributed by atoms with E-state index < -0.39 is 5.56 Å². The van der Waals surface area contributed by atoms with Crippen LogP contribution in [-0.4, -0.2) is 27.6 Å². The number of hydrogen-bond acceptors (Lipinski definition) is 4. The van der Waals surface area contributed by atoms with Gasteiger partial charge in [0.25, 0.3) is 11.5 Å². The molecule has 0 saturated carbocycles. The van der Waals surface area contributed by atoms with Crippen molar-refractivity contribution in [2.75, 3.05) is 4.90 Å². The minimum absolute atomic E-state index is 0.00810.